The van der Waals surface area contributed by atoms with Crippen molar-refractivity contribution in [3.05, 3.63) is 199 Å². The van der Waals surface area contributed by atoms with Crippen LogP contribution in [0.3, 0.4) is 0 Å². The first-order chi connectivity index (χ1) is 28.2. The number of para-hydroxylation sites is 2. The van der Waals surface area contributed by atoms with Crippen molar-refractivity contribution in [2.75, 3.05) is 0 Å². The average molecular weight is 730 g/mol. The Morgan fingerprint density at radius 1 is 0.404 bits per heavy atom. The van der Waals surface area contributed by atoms with Gasteiger partial charge in [0.1, 0.15) is 0 Å². The van der Waals surface area contributed by atoms with E-state index in [0.29, 0.717) is 0 Å². The molecule has 1 aliphatic rings. The maximum Gasteiger partial charge on any atom is 0.0930 e. The summed E-state index contributed by atoms with van der Waals surface area (Å²) in [5, 5.41) is 8.34. The van der Waals surface area contributed by atoms with Crippen molar-refractivity contribution < 1.29 is 0 Å². The number of rotatable bonds is 6. The molecule has 1 aliphatic heterocycles. The number of fused-ring (bicyclic) bond motifs is 5. The van der Waals surface area contributed by atoms with Gasteiger partial charge in [-0.2, -0.15) is 5.10 Å². The molecule has 0 aliphatic carbocycles. The highest BCUT2D eigenvalue weighted by Crippen LogP contribution is 2.38. The predicted octanol–water partition coefficient (Wildman–Crippen LogP) is 12.9. The molecule has 0 bridgehead atoms. The van der Waals surface area contributed by atoms with Crippen LogP contribution in [0.5, 0.6) is 0 Å². The Morgan fingerprint density at radius 3 is 1.47 bits per heavy atom. The van der Waals surface area contributed by atoms with Gasteiger partial charge in [0.15, 0.2) is 0 Å². The van der Waals surface area contributed by atoms with E-state index in [4.69, 9.17) is 20.1 Å². The standard InChI is InChI=1S/C52H35N5/c1-4-12-45-36(8-1)27-29-47(53-45)38-19-23-40(24-20-38)50-32-42(33-51(55-50)41-25-21-39(22-26-41)48-30-28-37-9-2-5-13-46(37)54-48)34-15-17-35(18-16-34)43-11-7-31-57-52(43)44-10-3-6-14-49(44)56-57/h1-10,12-33,43H,11H2. The smallest absolute Gasteiger partial charge is 0.0930 e. The van der Waals surface area contributed by atoms with Crippen LogP contribution in [0.1, 0.15) is 23.6 Å². The molecule has 11 rings (SSSR count). The number of hydrogen-bond acceptors (Lipinski definition) is 4. The highest BCUT2D eigenvalue weighted by Gasteiger charge is 2.24. The van der Waals surface area contributed by atoms with E-state index in [-0.39, 0.29) is 5.92 Å². The molecule has 0 radical (unpaired) electrons. The summed E-state index contributed by atoms with van der Waals surface area (Å²) < 4.78 is 2.05. The first-order valence-corrected chi connectivity index (χ1v) is 19.4. The summed E-state index contributed by atoms with van der Waals surface area (Å²) in [7, 11) is 0. The van der Waals surface area contributed by atoms with Crippen LogP contribution in [0.2, 0.25) is 0 Å². The third kappa shape index (κ3) is 6.06. The van der Waals surface area contributed by atoms with E-state index in [2.05, 4.69) is 175 Å². The van der Waals surface area contributed by atoms with Crippen molar-refractivity contribution in [1.29, 1.82) is 0 Å². The number of pyridine rings is 3. The zero-order valence-electron chi connectivity index (χ0n) is 31.0. The van der Waals surface area contributed by atoms with Gasteiger partial charge in [-0.15, -0.1) is 0 Å². The molecule has 0 amide bonds. The van der Waals surface area contributed by atoms with Crippen LogP contribution in [0.4, 0.5) is 0 Å². The van der Waals surface area contributed by atoms with Gasteiger partial charge >= 0.3 is 0 Å². The summed E-state index contributed by atoms with van der Waals surface area (Å²) >= 11 is 0. The van der Waals surface area contributed by atoms with E-state index in [1.807, 2.05) is 24.3 Å². The van der Waals surface area contributed by atoms with Crippen molar-refractivity contribution in [2.24, 2.45) is 0 Å². The molecule has 268 valence electrons. The Hall–Kier alpha value is -7.50. The van der Waals surface area contributed by atoms with Crippen molar-refractivity contribution in [3.8, 4) is 56.2 Å². The molecule has 5 heterocycles. The van der Waals surface area contributed by atoms with Gasteiger partial charge in [-0.05, 0) is 65.6 Å². The van der Waals surface area contributed by atoms with Gasteiger partial charge in [-0.3, -0.25) is 0 Å². The molecule has 0 saturated carbocycles. The van der Waals surface area contributed by atoms with Gasteiger partial charge in [0, 0.05) is 50.5 Å². The highest BCUT2D eigenvalue weighted by atomic mass is 15.3. The zero-order valence-corrected chi connectivity index (χ0v) is 31.0. The molecule has 4 aromatic heterocycles. The third-order valence-corrected chi connectivity index (χ3v) is 11.2. The molecule has 0 N–H and O–H groups in total. The highest BCUT2D eigenvalue weighted by molar-refractivity contribution is 5.85. The lowest BCUT2D eigenvalue weighted by Crippen LogP contribution is -2.10. The Labute approximate surface area is 330 Å². The van der Waals surface area contributed by atoms with Gasteiger partial charge in [-0.1, -0.05) is 146 Å². The van der Waals surface area contributed by atoms with Crippen molar-refractivity contribution >= 4 is 38.9 Å². The topological polar surface area (TPSA) is 56.5 Å². The van der Waals surface area contributed by atoms with Crippen LogP contribution in [-0.4, -0.2) is 24.7 Å². The fourth-order valence-electron chi connectivity index (χ4n) is 8.21. The van der Waals surface area contributed by atoms with Crippen LogP contribution < -0.4 is 0 Å². The van der Waals surface area contributed by atoms with Crippen molar-refractivity contribution in [2.45, 2.75) is 12.3 Å². The molecule has 10 aromatic rings. The van der Waals surface area contributed by atoms with Gasteiger partial charge in [0.25, 0.3) is 0 Å². The van der Waals surface area contributed by atoms with Gasteiger partial charge in [0.05, 0.1) is 45.0 Å². The minimum atomic E-state index is 0.228. The third-order valence-electron chi connectivity index (χ3n) is 11.2. The normalized spacial score (nSPS) is 13.6. The second-order valence-corrected chi connectivity index (χ2v) is 14.7. The van der Waals surface area contributed by atoms with Crippen LogP contribution in [0.25, 0.3) is 95.1 Å². The molecule has 5 heteroatoms. The van der Waals surface area contributed by atoms with E-state index in [0.717, 1.165) is 89.9 Å². The predicted molar refractivity (Wildman–Crippen MR) is 234 cm³/mol. The number of aromatic nitrogens is 5. The minimum absolute atomic E-state index is 0.228. The number of benzene rings is 6. The average Bonchev–Trinajstić information content (AvgIpc) is 3.68. The lowest BCUT2D eigenvalue weighted by molar-refractivity contribution is 0.724. The summed E-state index contributed by atoms with van der Waals surface area (Å²) in [6, 6.07) is 64.1. The maximum absolute atomic E-state index is 5.28. The Kier molecular flexibility index (Phi) is 7.88. The molecule has 0 spiro atoms. The maximum atomic E-state index is 5.28. The van der Waals surface area contributed by atoms with Crippen molar-refractivity contribution in [1.82, 2.24) is 24.7 Å². The van der Waals surface area contributed by atoms with Gasteiger partial charge in [0.2, 0.25) is 0 Å². The van der Waals surface area contributed by atoms with E-state index in [9.17, 15) is 0 Å². The molecule has 1 atom stereocenters. The lowest BCUT2D eigenvalue weighted by Gasteiger charge is -2.21. The summed E-state index contributed by atoms with van der Waals surface area (Å²) in [6.45, 7) is 0. The molecular weight excluding hydrogens is 695 g/mol. The molecular formula is C52H35N5. The molecule has 5 nitrogen and oxygen atoms in total. The van der Waals surface area contributed by atoms with Gasteiger partial charge in [-0.25, -0.2) is 19.6 Å². The number of allylic oxidation sites excluding steroid dienone is 1. The van der Waals surface area contributed by atoms with E-state index in [1.54, 1.807) is 0 Å². The van der Waals surface area contributed by atoms with Crippen LogP contribution in [0, 0.1) is 0 Å². The molecule has 0 fully saturated rings. The number of nitrogens with zero attached hydrogens (tertiary/aromatic N) is 5. The fourth-order valence-corrected chi connectivity index (χ4v) is 8.21. The first kappa shape index (κ1) is 32.9. The van der Waals surface area contributed by atoms with Crippen LogP contribution >= 0.6 is 0 Å². The second kappa shape index (κ2) is 13.7. The summed E-state index contributed by atoms with van der Waals surface area (Å²) in [6.07, 6.45) is 5.26. The Balaban J connectivity index is 0.965. The molecule has 1 unspecified atom stereocenters. The molecule has 0 saturated heterocycles. The monoisotopic (exact) mass is 729 g/mol. The van der Waals surface area contributed by atoms with E-state index in [1.165, 1.54) is 16.6 Å². The van der Waals surface area contributed by atoms with Crippen LogP contribution in [-0.2, 0) is 0 Å². The SMILES string of the molecule is C1=Cn2nc3ccccc3c2C(c2ccc(-c3cc(-c4ccc(-c5ccc6ccccc6n5)cc4)nc(-c4ccc(-c5ccc6ccccc6n5)cc4)c3)cc2)C1. The lowest BCUT2D eigenvalue weighted by atomic mass is 9.88. The Bertz CT molecular complexity index is 3000. The Morgan fingerprint density at radius 2 is 0.895 bits per heavy atom. The summed E-state index contributed by atoms with van der Waals surface area (Å²) in [5.74, 6) is 0.228. The number of hydrogen-bond donors (Lipinski definition) is 0. The van der Waals surface area contributed by atoms with E-state index < -0.39 is 0 Å². The van der Waals surface area contributed by atoms with Crippen molar-refractivity contribution in [3.63, 3.8) is 0 Å². The second-order valence-electron chi connectivity index (χ2n) is 14.7. The van der Waals surface area contributed by atoms with E-state index >= 15 is 0 Å². The largest absolute Gasteiger partial charge is 0.248 e. The fraction of sp³-hybridized carbons (Fsp3) is 0.0385. The molecule has 57 heavy (non-hydrogen) atoms. The van der Waals surface area contributed by atoms with Gasteiger partial charge < -0.3 is 0 Å². The molecule has 6 aromatic carbocycles. The first-order valence-electron chi connectivity index (χ1n) is 19.4. The summed E-state index contributed by atoms with van der Waals surface area (Å²) in [5.41, 5.74) is 15.8. The quantitative estimate of drug-likeness (QED) is 0.171. The summed E-state index contributed by atoms with van der Waals surface area (Å²) in [4.78, 5) is 15.1. The van der Waals surface area contributed by atoms with Crippen LogP contribution in [0.15, 0.2) is 188 Å². The minimum Gasteiger partial charge on any atom is -0.248 e. The zero-order chi connectivity index (χ0) is 37.7.